The van der Waals surface area contributed by atoms with Crippen molar-refractivity contribution in [3.8, 4) is 0 Å². The molecule has 1 aromatic carbocycles. The molecule has 1 saturated carbocycles. The molecule has 7 heteroatoms. The van der Waals surface area contributed by atoms with E-state index in [1.54, 1.807) is 0 Å². The molecule has 1 amide bonds. The Kier molecular flexibility index (Phi) is 5.37. The molecule has 1 aliphatic carbocycles. The van der Waals surface area contributed by atoms with Crippen molar-refractivity contribution in [3.05, 3.63) is 58.4 Å². The SMILES string of the molecule is COC(=O)[C@H]1Cc2ccccc2CN1C(=O)COC(=O)c1cc(C)n(C2CC2)c1C. The zero-order valence-corrected chi connectivity index (χ0v) is 17.5. The minimum atomic E-state index is -0.726. The van der Waals surface area contributed by atoms with Gasteiger partial charge in [-0.2, -0.15) is 0 Å². The molecule has 2 heterocycles. The Morgan fingerprint density at radius 3 is 2.47 bits per heavy atom. The lowest BCUT2D eigenvalue weighted by atomic mass is 9.94. The molecule has 0 radical (unpaired) electrons. The first-order valence-electron chi connectivity index (χ1n) is 10.2. The van der Waals surface area contributed by atoms with E-state index in [0.29, 0.717) is 18.0 Å². The molecular weight excluding hydrogens is 384 g/mol. The normalized spacial score (nSPS) is 18.0. The molecule has 7 nitrogen and oxygen atoms in total. The topological polar surface area (TPSA) is 77.8 Å². The number of aryl methyl sites for hydroxylation is 1. The van der Waals surface area contributed by atoms with E-state index in [1.807, 2.05) is 44.2 Å². The van der Waals surface area contributed by atoms with Crippen LogP contribution in [0.5, 0.6) is 0 Å². The van der Waals surface area contributed by atoms with E-state index in [1.165, 1.54) is 12.0 Å². The number of nitrogens with zero attached hydrogens (tertiary/aromatic N) is 2. The molecule has 2 aliphatic rings. The number of hydrogen-bond donors (Lipinski definition) is 0. The molecule has 0 spiro atoms. The van der Waals surface area contributed by atoms with E-state index in [0.717, 1.165) is 35.4 Å². The average molecular weight is 410 g/mol. The number of carbonyl (C=O) groups is 3. The van der Waals surface area contributed by atoms with E-state index in [-0.39, 0.29) is 6.54 Å². The van der Waals surface area contributed by atoms with Crippen molar-refractivity contribution in [1.82, 2.24) is 9.47 Å². The highest BCUT2D eigenvalue weighted by Crippen LogP contribution is 2.38. The summed E-state index contributed by atoms with van der Waals surface area (Å²) in [6.45, 7) is 3.74. The van der Waals surface area contributed by atoms with Gasteiger partial charge in [0.15, 0.2) is 6.61 Å². The summed E-state index contributed by atoms with van der Waals surface area (Å²) in [5.41, 5.74) is 4.37. The number of methoxy groups -OCH3 is 1. The van der Waals surface area contributed by atoms with Gasteiger partial charge in [-0.05, 0) is 43.9 Å². The van der Waals surface area contributed by atoms with Crippen molar-refractivity contribution in [2.45, 2.75) is 51.7 Å². The Hall–Kier alpha value is -3.09. The van der Waals surface area contributed by atoms with Gasteiger partial charge in [0.05, 0.1) is 12.7 Å². The molecule has 0 N–H and O–H groups in total. The number of rotatable bonds is 5. The first-order valence-corrected chi connectivity index (χ1v) is 10.2. The number of hydrogen-bond acceptors (Lipinski definition) is 5. The van der Waals surface area contributed by atoms with Gasteiger partial charge in [0.1, 0.15) is 6.04 Å². The lowest BCUT2D eigenvalue weighted by Crippen LogP contribution is -2.50. The third-order valence-corrected chi connectivity index (χ3v) is 5.99. The number of esters is 2. The van der Waals surface area contributed by atoms with Crippen LogP contribution < -0.4 is 0 Å². The second-order valence-electron chi connectivity index (χ2n) is 8.00. The van der Waals surface area contributed by atoms with Gasteiger partial charge < -0.3 is 18.9 Å². The summed E-state index contributed by atoms with van der Waals surface area (Å²) >= 11 is 0. The molecule has 0 saturated heterocycles. The summed E-state index contributed by atoms with van der Waals surface area (Å²) in [4.78, 5) is 39.2. The van der Waals surface area contributed by atoms with Crippen molar-refractivity contribution in [2.75, 3.05) is 13.7 Å². The Morgan fingerprint density at radius 2 is 1.80 bits per heavy atom. The zero-order valence-electron chi connectivity index (χ0n) is 17.5. The van der Waals surface area contributed by atoms with Gasteiger partial charge >= 0.3 is 11.9 Å². The molecule has 158 valence electrons. The Labute approximate surface area is 175 Å². The van der Waals surface area contributed by atoms with Gasteiger partial charge in [0, 0.05) is 30.4 Å². The summed E-state index contributed by atoms with van der Waals surface area (Å²) in [5, 5.41) is 0. The molecule has 1 fully saturated rings. The second-order valence-corrected chi connectivity index (χ2v) is 8.00. The number of amides is 1. The minimum Gasteiger partial charge on any atom is -0.467 e. The van der Waals surface area contributed by atoms with Crippen LogP contribution in [0.1, 0.15) is 51.8 Å². The van der Waals surface area contributed by atoms with Crippen LogP contribution in [0.3, 0.4) is 0 Å². The molecule has 1 aromatic heterocycles. The monoisotopic (exact) mass is 410 g/mol. The molecule has 1 aliphatic heterocycles. The van der Waals surface area contributed by atoms with Crippen LogP contribution in [0, 0.1) is 13.8 Å². The minimum absolute atomic E-state index is 0.280. The Balaban J connectivity index is 1.47. The number of ether oxygens (including phenoxy) is 2. The first-order chi connectivity index (χ1) is 14.4. The summed E-state index contributed by atoms with van der Waals surface area (Å²) < 4.78 is 12.4. The fourth-order valence-corrected chi connectivity index (χ4v) is 4.30. The predicted octanol–water partition coefficient (Wildman–Crippen LogP) is 2.72. The van der Waals surface area contributed by atoms with Gasteiger partial charge in [-0.25, -0.2) is 9.59 Å². The molecule has 0 bridgehead atoms. The van der Waals surface area contributed by atoms with Crippen LogP contribution in [-0.2, 0) is 32.0 Å². The smallest absolute Gasteiger partial charge is 0.340 e. The fraction of sp³-hybridized carbons (Fsp3) is 0.435. The largest absolute Gasteiger partial charge is 0.467 e. The molecule has 0 unspecified atom stereocenters. The van der Waals surface area contributed by atoms with Gasteiger partial charge in [-0.3, -0.25) is 4.79 Å². The van der Waals surface area contributed by atoms with Crippen LogP contribution in [0.2, 0.25) is 0 Å². The molecule has 30 heavy (non-hydrogen) atoms. The molecule has 2 aromatic rings. The first kappa shape index (κ1) is 20.2. The van der Waals surface area contributed by atoms with Crippen LogP contribution in [-0.4, -0.2) is 47.1 Å². The highest BCUT2D eigenvalue weighted by molar-refractivity contribution is 5.93. The molecule has 4 rings (SSSR count). The van der Waals surface area contributed by atoms with E-state index in [2.05, 4.69) is 4.57 Å². The van der Waals surface area contributed by atoms with Gasteiger partial charge in [0.2, 0.25) is 0 Å². The van der Waals surface area contributed by atoms with Crippen LogP contribution in [0.25, 0.3) is 0 Å². The van der Waals surface area contributed by atoms with E-state index >= 15 is 0 Å². The number of fused-ring (bicyclic) bond motifs is 1. The molecular formula is C23H26N2O5. The Morgan fingerprint density at radius 1 is 1.10 bits per heavy atom. The summed E-state index contributed by atoms with van der Waals surface area (Å²) in [5.74, 6) is -1.41. The van der Waals surface area contributed by atoms with E-state index in [9.17, 15) is 14.4 Å². The quantitative estimate of drug-likeness (QED) is 0.709. The highest BCUT2D eigenvalue weighted by atomic mass is 16.5. The zero-order chi connectivity index (χ0) is 21.4. The summed E-state index contributed by atoms with van der Waals surface area (Å²) in [6, 6.07) is 9.23. The summed E-state index contributed by atoms with van der Waals surface area (Å²) in [6.07, 6.45) is 2.62. The van der Waals surface area contributed by atoms with Gasteiger partial charge in [-0.15, -0.1) is 0 Å². The van der Waals surface area contributed by atoms with Crippen LogP contribution >= 0.6 is 0 Å². The maximum atomic E-state index is 12.9. The molecule has 1 atom stereocenters. The highest BCUT2D eigenvalue weighted by Gasteiger charge is 2.36. The number of carbonyl (C=O) groups excluding carboxylic acids is 3. The van der Waals surface area contributed by atoms with Crippen LogP contribution in [0.4, 0.5) is 0 Å². The Bertz CT molecular complexity index is 1010. The maximum Gasteiger partial charge on any atom is 0.340 e. The van der Waals surface area contributed by atoms with Crippen molar-refractivity contribution in [1.29, 1.82) is 0 Å². The summed E-state index contributed by atoms with van der Waals surface area (Å²) in [7, 11) is 1.31. The van der Waals surface area contributed by atoms with Crippen molar-refractivity contribution in [3.63, 3.8) is 0 Å². The van der Waals surface area contributed by atoms with Crippen molar-refractivity contribution in [2.24, 2.45) is 0 Å². The van der Waals surface area contributed by atoms with E-state index in [4.69, 9.17) is 9.47 Å². The third kappa shape index (κ3) is 3.72. The predicted molar refractivity (Wildman–Crippen MR) is 109 cm³/mol. The lowest BCUT2D eigenvalue weighted by molar-refractivity contribution is -0.155. The van der Waals surface area contributed by atoms with Gasteiger partial charge in [-0.1, -0.05) is 24.3 Å². The third-order valence-electron chi connectivity index (χ3n) is 5.99. The van der Waals surface area contributed by atoms with Crippen molar-refractivity contribution >= 4 is 17.8 Å². The maximum absolute atomic E-state index is 12.9. The number of aromatic nitrogens is 1. The van der Waals surface area contributed by atoms with E-state index < -0.39 is 30.5 Å². The number of benzene rings is 1. The lowest BCUT2D eigenvalue weighted by Gasteiger charge is -2.35. The fourth-order valence-electron chi connectivity index (χ4n) is 4.30. The average Bonchev–Trinajstić information content (AvgIpc) is 3.54. The van der Waals surface area contributed by atoms with Gasteiger partial charge in [0.25, 0.3) is 5.91 Å². The van der Waals surface area contributed by atoms with Crippen molar-refractivity contribution < 1.29 is 23.9 Å². The van der Waals surface area contributed by atoms with Crippen LogP contribution in [0.15, 0.2) is 30.3 Å². The second kappa shape index (κ2) is 7.97. The standard InChI is InChI=1S/C23H26N2O5/c1-14-10-19(15(2)25(14)18-8-9-18)22(27)30-13-21(26)24-12-17-7-5-4-6-16(17)11-20(24)23(28)29-3/h4-7,10,18,20H,8-9,11-13H2,1-3H3/t20-/m1/s1.